The average Bonchev–Trinajstić information content (AvgIpc) is 2.84. The fourth-order valence-corrected chi connectivity index (χ4v) is 4.23. The smallest absolute Gasteiger partial charge is 0.224 e. The summed E-state index contributed by atoms with van der Waals surface area (Å²) in [5, 5.41) is 3.16. The van der Waals surface area contributed by atoms with Crippen molar-refractivity contribution in [1.82, 2.24) is 15.3 Å². The molecule has 0 unspecified atom stereocenters. The summed E-state index contributed by atoms with van der Waals surface area (Å²) in [6.45, 7) is 6.38. The van der Waals surface area contributed by atoms with Crippen LogP contribution in [0.2, 0.25) is 0 Å². The molecule has 4 rings (SSSR count). The van der Waals surface area contributed by atoms with E-state index in [4.69, 9.17) is 4.98 Å². The molecule has 1 aliphatic rings. The second kappa shape index (κ2) is 10.2. The van der Waals surface area contributed by atoms with Gasteiger partial charge in [0.15, 0.2) is 0 Å². The third-order valence-corrected chi connectivity index (χ3v) is 5.96. The van der Waals surface area contributed by atoms with Gasteiger partial charge >= 0.3 is 0 Å². The molecule has 1 aliphatic heterocycles. The Hall–Kier alpha value is -3.15. The van der Waals surface area contributed by atoms with Crippen molar-refractivity contribution in [3.05, 3.63) is 60.8 Å². The van der Waals surface area contributed by atoms with E-state index < -0.39 is 0 Å². The number of piperidine rings is 1. The van der Waals surface area contributed by atoms with Crippen LogP contribution in [0.15, 0.2) is 60.8 Å². The Kier molecular flexibility index (Phi) is 6.97. The second-order valence-corrected chi connectivity index (χ2v) is 8.06. The number of benzene rings is 2. The number of fused-ring (bicyclic) bond motifs is 1. The molecule has 0 saturated carbocycles. The van der Waals surface area contributed by atoms with Crippen LogP contribution in [0, 0.1) is 5.92 Å². The van der Waals surface area contributed by atoms with Gasteiger partial charge in [-0.2, -0.15) is 0 Å². The summed E-state index contributed by atoms with van der Waals surface area (Å²) in [6.07, 6.45) is 4.67. The molecular formula is C25H31N5O. The molecule has 2 aromatic carbocycles. The molecule has 1 amide bonds. The van der Waals surface area contributed by atoms with Gasteiger partial charge in [-0.25, -0.2) is 4.98 Å². The number of hydrogen-bond donors (Lipinski definition) is 1. The first kappa shape index (κ1) is 21.1. The number of para-hydroxylation sites is 3. The van der Waals surface area contributed by atoms with Crippen molar-refractivity contribution >= 4 is 28.4 Å². The van der Waals surface area contributed by atoms with Crippen LogP contribution in [-0.4, -0.2) is 48.6 Å². The molecular weight excluding hydrogens is 386 g/mol. The van der Waals surface area contributed by atoms with Gasteiger partial charge in [0.05, 0.1) is 23.1 Å². The molecule has 0 radical (unpaired) electrons. The number of amides is 1. The Morgan fingerprint density at radius 3 is 2.71 bits per heavy atom. The maximum absolute atomic E-state index is 12.8. The van der Waals surface area contributed by atoms with Crippen LogP contribution >= 0.6 is 0 Å². The van der Waals surface area contributed by atoms with Gasteiger partial charge < -0.3 is 15.1 Å². The van der Waals surface area contributed by atoms with E-state index >= 15 is 0 Å². The monoisotopic (exact) mass is 417 g/mol. The first-order chi connectivity index (χ1) is 15.2. The Labute approximate surface area is 184 Å². The number of aromatic nitrogens is 2. The van der Waals surface area contributed by atoms with Crippen molar-refractivity contribution in [3.63, 3.8) is 0 Å². The minimum absolute atomic E-state index is 0.00146. The third-order valence-electron chi connectivity index (χ3n) is 5.96. The highest BCUT2D eigenvalue weighted by molar-refractivity contribution is 5.80. The van der Waals surface area contributed by atoms with Gasteiger partial charge in [0.25, 0.3) is 0 Å². The minimum atomic E-state index is -0.00146. The van der Waals surface area contributed by atoms with E-state index in [-0.39, 0.29) is 11.8 Å². The van der Waals surface area contributed by atoms with Crippen LogP contribution in [-0.2, 0) is 4.79 Å². The maximum Gasteiger partial charge on any atom is 0.224 e. The van der Waals surface area contributed by atoms with Crippen LogP contribution in [0.5, 0.6) is 0 Å². The van der Waals surface area contributed by atoms with Gasteiger partial charge in [-0.05, 0) is 50.5 Å². The van der Waals surface area contributed by atoms with Crippen molar-refractivity contribution in [2.45, 2.75) is 26.2 Å². The van der Waals surface area contributed by atoms with E-state index in [1.807, 2.05) is 36.5 Å². The third kappa shape index (κ3) is 5.32. The van der Waals surface area contributed by atoms with Crippen LogP contribution in [0.3, 0.4) is 0 Å². The molecule has 1 aromatic heterocycles. The standard InChI is InChI=1S/C25H31N5O/c1-2-29(21-11-4-3-5-12-21)17-9-15-26-25(31)20-10-8-16-30(19-20)24-18-27-22-13-6-7-14-23(22)28-24/h3-7,11-14,18,20H,2,8-10,15-17,19H2,1H3,(H,26,31)/t20-/m1/s1. The largest absolute Gasteiger partial charge is 0.372 e. The maximum atomic E-state index is 12.8. The fourth-order valence-electron chi connectivity index (χ4n) is 4.23. The Bertz CT molecular complexity index is 993. The normalized spacial score (nSPS) is 16.3. The number of anilines is 2. The summed E-state index contributed by atoms with van der Waals surface area (Å²) in [5.74, 6) is 1.01. The molecule has 1 N–H and O–H groups in total. The topological polar surface area (TPSA) is 61.4 Å². The average molecular weight is 418 g/mol. The molecule has 0 aliphatic carbocycles. The van der Waals surface area contributed by atoms with Gasteiger partial charge in [-0.3, -0.25) is 9.78 Å². The van der Waals surface area contributed by atoms with Crippen molar-refractivity contribution in [3.8, 4) is 0 Å². The lowest BCUT2D eigenvalue weighted by Crippen LogP contribution is -2.44. The van der Waals surface area contributed by atoms with E-state index in [9.17, 15) is 4.79 Å². The summed E-state index contributed by atoms with van der Waals surface area (Å²) in [7, 11) is 0. The van der Waals surface area contributed by atoms with E-state index in [1.165, 1.54) is 5.69 Å². The number of hydrogen-bond acceptors (Lipinski definition) is 5. The molecule has 1 saturated heterocycles. The number of nitrogens with zero attached hydrogens (tertiary/aromatic N) is 4. The second-order valence-electron chi connectivity index (χ2n) is 8.06. The molecule has 0 spiro atoms. The molecule has 1 fully saturated rings. The lowest BCUT2D eigenvalue weighted by molar-refractivity contribution is -0.125. The number of carbonyl (C=O) groups excluding carboxylic acids is 1. The Morgan fingerprint density at radius 2 is 1.90 bits per heavy atom. The lowest BCUT2D eigenvalue weighted by atomic mass is 9.97. The molecule has 0 bridgehead atoms. The fraction of sp³-hybridized carbons (Fsp3) is 0.400. The lowest BCUT2D eigenvalue weighted by Gasteiger charge is -2.32. The predicted molar refractivity (Wildman–Crippen MR) is 126 cm³/mol. The minimum Gasteiger partial charge on any atom is -0.372 e. The highest BCUT2D eigenvalue weighted by Gasteiger charge is 2.26. The van der Waals surface area contributed by atoms with Gasteiger partial charge in [0.2, 0.25) is 5.91 Å². The summed E-state index contributed by atoms with van der Waals surface area (Å²) in [6, 6.07) is 18.3. The van der Waals surface area contributed by atoms with Crippen LogP contribution in [0.25, 0.3) is 11.0 Å². The zero-order valence-electron chi connectivity index (χ0n) is 18.2. The molecule has 6 nitrogen and oxygen atoms in total. The Morgan fingerprint density at radius 1 is 1.13 bits per heavy atom. The molecule has 1 atom stereocenters. The van der Waals surface area contributed by atoms with Crippen molar-refractivity contribution in [2.24, 2.45) is 5.92 Å². The number of nitrogens with one attached hydrogen (secondary N) is 1. The SMILES string of the molecule is CCN(CCCNC(=O)[C@@H]1CCCN(c2cnc3ccccc3n2)C1)c1ccccc1. The van der Waals surface area contributed by atoms with Crippen LogP contribution in [0.4, 0.5) is 11.5 Å². The zero-order valence-corrected chi connectivity index (χ0v) is 18.2. The molecule has 31 heavy (non-hydrogen) atoms. The van der Waals surface area contributed by atoms with E-state index in [0.29, 0.717) is 13.1 Å². The van der Waals surface area contributed by atoms with Gasteiger partial charge in [-0.1, -0.05) is 30.3 Å². The van der Waals surface area contributed by atoms with Crippen LogP contribution < -0.4 is 15.1 Å². The van der Waals surface area contributed by atoms with Crippen molar-refractivity contribution in [1.29, 1.82) is 0 Å². The van der Waals surface area contributed by atoms with E-state index in [2.05, 4.69) is 51.3 Å². The molecule has 162 valence electrons. The summed E-state index contributed by atoms with van der Waals surface area (Å²) >= 11 is 0. The molecule has 3 aromatic rings. The number of carbonyl (C=O) groups is 1. The van der Waals surface area contributed by atoms with Crippen LogP contribution in [0.1, 0.15) is 26.2 Å². The highest BCUT2D eigenvalue weighted by Crippen LogP contribution is 2.23. The van der Waals surface area contributed by atoms with Gasteiger partial charge in [0.1, 0.15) is 5.82 Å². The Balaban J connectivity index is 1.27. The quantitative estimate of drug-likeness (QED) is 0.564. The number of rotatable bonds is 8. The van der Waals surface area contributed by atoms with Crippen molar-refractivity contribution in [2.75, 3.05) is 42.5 Å². The summed E-state index contributed by atoms with van der Waals surface area (Å²) in [4.78, 5) is 26.6. The molecule has 6 heteroatoms. The first-order valence-corrected chi connectivity index (χ1v) is 11.3. The van der Waals surface area contributed by atoms with Gasteiger partial charge in [0, 0.05) is 38.4 Å². The molecule has 2 heterocycles. The first-order valence-electron chi connectivity index (χ1n) is 11.3. The summed E-state index contributed by atoms with van der Waals surface area (Å²) < 4.78 is 0. The van der Waals surface area contributed by atoms with Crippen molar-refractivity contribution < 1.29 is 4.79 Å². The summed E-state index contributed by atoms with van der Waals surface area (Å²) in [5.41, 5.74) is 3.02. The highest BCUT2D eigenvalue weighted by atomic mass is 16.1. The predicted octanol–water partition coefficient (Wildman–Crippen LogP) is 3.88. The van der Waals surface area contributed by atoms with E-state index in [0.717, 1.165) is 55.7 Å². The van der Waals surface area contributed by atoms with E-state index in [1.54, 1.807) is 0 Å². The van der Waals surface area contributed by atoms with Gasteiger partial charge in [-0.15, -0.1) is 0 Å². The zero-order chi connectivity index (χ0) is 21.5.